The summed E-state index contributed by atoms with van der Waals surface area (Å²) in [6.07, 6.45) is 0.322. The highest BCUT2D eigenvalue weighted by Crippen LogP contribution is 2.19. The van der Waals surface area contributed by atoms with Crippen molar-refractivity contribution in [3.63, 3.8) is 0 Å². The Morgan fingerprint density at radius 1 is 1.42 bits per heavy atom. The normalized spacial score (nSPS) is 11.1. The van der Waals surface area contributed by atoms with Crippen LogP contribution in [0.1, 0.15) is 40.3 Å². The van der Waals surface area contributed by atoms with E-state index in [9.17, 15) is 14.4 Å². The van der Waals surface area contributed by atoms with Crippen LogP contribution in [0.25, 0.3) is 0 Å². The minimum Gasteiger partial charge on any atom is -0.481 e. The van der Waals surface area contributed by atoms with Gasteiger partial charge in [-0.25, -0.2) is 0 Å². The molecule has 1 rings (SSSR count). The molecule has 2 amide bonds. The fourth-order valence-electron chi connectivity index (χ4n) is 1.27. The maximum Gasteiger partial charge on any atom is 0.309 e. The van der Waals surface area contributed by atoms with Gasteiger partial charge in [0, 0.05) is 11.9 Å². The second-order valence-electron chi connectivity index (χ2n) is 4.76. The van der Waals surface area contributed by atoms with Crippen LogP contribution >= 0.6 is 11.3 Å². The molecule has 1 aromatic rings. The van der Waals surface area contributed by atoms with Gasteiger partial charge in [-0.15, -0.1) is 11.3 Å². The van der Waals surface area contributed by atoms with E-state index in [1.165, 1.54) is 11.4 Å². The van der Waals surface area contributed by atoms with Crippen molar-refractivity contribution in [1.29, 1.82) is 0 Å². The predicted molar refractivity (Wildman–Crippen MR) is 71.2 cm³/mol. The van der Waals surface area contributed by atoms with Crippen molar-refractivity contribution in [2.24, 2.45) is 11.1 Å². The third-order valence-electron chi connectivity index (χ3n) is 2.72. The van der Waals surface area contributed by atoms with Crippen molar-refractivity contribution in [2.75, 3.05) is 6.54 Å². The first-order valence-electron chi connectivity index (χ1n) is 5.64. The molecular formula is C12H16N2O4S. The maximum absolute atomic E-state index is 11.7. The van der Waals surface area contributed by atoms with E-state index in [0.29, 0.717) is 16.9 Å². The minimum absolute atomic E-state index is 0.252. The molecule has 0 saturated carbocycles. The molecule has 0 unspecified atom stereocenters. The zero-order chi connectivity index (χ0) is 14.6. The van der Waals surface area contributed by atoms with Crippen LogP contribution in [0.4, 0.5) is 0 Å². The number of hydrogen-bond donors (Lipinski definition) is 3. The van der Waals surface area contributed by atoms with Crippen molar-refractivity contribution in [2.45, 2.75) is 20.3 Å². The number of carbonyl (C=O) groups excluding carboxylic acids is 2. The zero-order valence-electron chi connectivity index (χ0n) is 10.7. The summed E-state index contributed by atoms with van der Waals surface area (Å²) in [7, 11) is 0. The smallest absolute Gasteiger partial charge is 0.309 e. The van der Waals surface area contributed by atoms with Gasteiger partial charge in [0.25, 0.3) is 5.91 Å². The van der Waals surface area contributed by atoms with Crippen LogP contribution in [0.2, 0.25) is 0 Å². The lowest BCUT2D eigenvalue weighted by Gasteiger charge is -2.18. The molecule has 7 heteroatoms. The molecule has 0 aromatic carbocycles. The molecular weight excluding hydrogens is 268 g/mol. The van der Waals surface area contributed by atoms with Gasteiger partial charge in [-0.2, -0.15) is 0 Å². The summed E-state index contributed by atoms with van der Waals surface area (Å²) < 4.78 is 0. The minimum atomic E-state index is -0.908. The number of nitrogens with one attached hydrogen (secondary N) is 1. The number of thiophene rings is 1. The Bertz CT molecular complexity index is 508. The average molecular weight is 284 g/mol. The molecule has 0 atom stereocenters. The molecule has 104 valence electrons. The van der Waals surface area contributed by atoms with Crippen LogP contribution in [0.15, 0.2) is 11.4 Å². The summed E-state index contributed by atoms with van der Waals surface area (Å²) in [6, 6.07) is 1.42. The Hall–Kier alpha value is -1.89. The Balaban J connectivity index is 2.52. The molecule has 6 nitrogen and oxygen atoms in total. The van der Waals surface area contributed by atoms with Crippen molar-refractivity contribution in [1.82, 2.24) is 5.32 Å². The zero-order valence-corrected chi connectivity index (χ0v) is 11.5. The summed E-state index contributed by atoms with van der Waals surface area (Å²) in [5.41, 5.74) is 4.49. The molecule has 0 aliphatic rings. The number of aliphatic carboxylic acids is 1. The number of carbonyl (C=O) groups is 3. The summed E-state index contributed by atoms with van der Waals surface area (Å²) in [4.78, 5) is 33.9. The molecule has 0 spiro atoms. The van der Waals surface area contributed by atoms with Gasteiger partial charge >= 0.3 is 5.97 Å². The first-order chi connectivity index (χ1) is 8.74. The fraction of sp³-hybridized carbons (Fsp3) is 0.417. The van der Waals surface area contributed by atoms with E-state index >= 15 is 0 Å². The summed E-state index contributed by atoms with van der Waals surface area (Å²) >= 11 is 1.12. The highest BCUT2D eigenvalue weighted by Gasteiger charge is 2.26. The second-order valence-corrected chi connectivity index (χ2v) is 5.67. The summed E-state index contributed by atoms with van der Waals surface area (Å²) in [5.74, 6) is -1.82. The van der Waals surface area contributed by atoms with Crippen LogP contribution in [-0.2, 0) is 4.79 Å². The van der Waals surface area contributed by atoms with E-state index < -0.39 is 17.3 Å². The van der Waals surface area contributed by atoms with E-state index in [1.54, 1.807) is 13.8 Å². The number of hydrogen-bond acceptors (Lipinski definition) is 4. The van der Waals surface area contributed by atoms with E-state index in [4.69, 9.17) is 10.8 Å². The Labute approximate surface area is 114 Å². The molecule has 0 radical (unpaired) electrons. The molecule has 4 N–H and O–H groups in total. The third-order valence-corrected chi connectivity index (χ3v) is 3.65. The Morgan fingerprint density at radius 3 is 2.53 bits per heavy atom. The van der Waals surface area contributed by atoms with Crippen molar-refractivity contribution < 1.29 is 19.5 Å². The third kappa shape index (κ3) is 4.06. The average Bonchev–Trinajstić information content (AvgIpc) is 2.77. The summed E-state index contributed by atoms with van der Waals surface area (Å²) in [5, 5.41) is 13.1. The van der Waals surface area contributed by atoms with Gasteiger partial charge in [-0.1, -0.05) is 0 Å². The molecule has 0 fully saturated rings. The number of amides is 2. The number of carboxylic acids is 1. The van der Waals surface area contributed by atoms with E-state index in [1.807, 2.05) is 0 Å². The highest BCUT2D eigenvalue weighted by atomic mass is 32.1. The largest absolute Gasteiger partial charge is 0.481 e. The lowest BCUT2D eigenvalue weighted by Crippen LogP contribution is -2.31. The molecule has 1 aromatic heterocycles. The van der Waals surface area contributed by atoms with Crippen LogP contribution in [-0.4, -0.2) is 29.4 Å². The van der Waals surface area contributed by atoms with E-state index in [-0.39, 0.29) is 12.5 Å². The molecule has 0 aliphatic carbocycles. The number of rotatable bonds is 6. The lowest BCUT2D eigenvalue weighted by atomic mass is 9.90. The van der Waals surface area contributed by atoms with Crippen LogP contribution in [0, 0.1) is 5.41 Å². The first-order valence-corrected chi connectivity index (χ1v) is 6.52. The van der Waals surface area contributed by atoms with Crippen LogP contribution < -0.4 is 11.1 Å². The van der Waals surface area contributed by atoms with E-state index in [0.717, 1.165) is 11.3 Å². The monoisotopic (exact) mass is 284 g/mol. The number of primary amides is 1. The van der Waals surface area contributed by atoms with Crippen molar-refractivity contribution in [3.8, 4) is 0 Å². The predicted octanol–water partition coefficient (Wildman–Crippen LogP) is 1.08. The van der Waals surface area contributed by atoms with Gasteiger partial charge < -0.3 is 16.2 Å². The lowest BCUT2D eigenvalue weighted by molar-refractivity contribution is -0.147. The van der Waals surface area contributed by atoms with Crippen molar-refractivity contribution >= 4 is 29.1 Å². The second kappa shape index (κ2) is 5.83. The Kier molecular flexibility index (Phi) is 4.66. The summed E-state index contributed by atoms with van der Waals surface area (Å²) in [6.45, 7) is 3.44. The van der Waals surface area contributed by atoms with Gasteiger partial charge in [0.15, 0.2) is 0 Å². The highest BCUT2D eigenvalue weighted by molar-refractivity contribution is 7.12. The van der Waals surface area contributed by atoms with Crippen LogP contribution in [0.3, 0.4) is 0 Å². The molecule has 0 bridgehead atoms. The quantitative estimate of drug-likeness (QED) is 0.726. The van der Waals surface area contributed by atoms with Gasteiger partial charge in [-0.05, 0) is 26.3 Å². The van der Waals surface area contributed by atoms with Gasteiger partial charge in [0.05, 0.1) is 15.9 Å². The van der Waals surface area contributed by atoms with Gasteiger partial charge in [0.1, 0.15) is 0 Å². The molecule has 19 heavy (non-hydrogen) atoms. The van der Waals surface area contributed by atoms with Gasteiger partial charge in [-0.3, -0.25) is 14.4 Å². The van der Waals surface area contributed by atoms with E-state index in [2.05, 4.69) is 5.32 Å². The molecule has 0 aliphatic heterocycles. The van der Waals surface area contributed by atoms with Crippen LogP contribution in [0.5, 0.6) is 0 Å². The van der Waals surface area contributed by atoms with Crippen molar-refractivity contribution in [3.05, 3.63) is 21.9 Å². The number of carboxylic acid groups (broad SMARTS) is 1. The fourth-order valence-corrected chi connectivity index (χ4v) is 2.08. The number of nitrogens with two attached hydrogens (primary N) is 1. The first kappa shape index (κ1) is 15.2. The molecule has 1 heterocycles. The maximum atomic E-state index is 11.7. The Morgan fingerprint density at radius 2 is 2.05 bits per heavy atom. The van der Waals surface area contributed by atoms with Gasteiger partial charge in [0.2, 0.25) is 5.91 Å². The molecule has 0 saturated heterocycles. The topological polar surface area (TPSA) is 109 Å². The SMILES string of the molecule is CC(C)(CCNC(=O)c1cc(C(N)=O)cs1)C(=O)O. The standard InChI is InChI=1S/C12H16N2O4S/c1-12(2,11(17)18)3-4-14-10(16)8-5-7(6-19-8)9(13)15/h5-6H,3-4H2,1-2H3,(H2,13,15)(H,14,16)(H,17,18).